The highest BCUT2D eigenvalue weighted by Crippen LogP contribution is 2.39. The molecule has 0 radical (unpaired) electrons. The van der Waals surface area contributed by atoms with Crippen molar-refractivity contribution in [1.82, 2.24) is 0 Å². The van der Waals surface area contributed by atoms with Gasteiger partial charge in [0.2, 0.25) is 0 Å². The minimum Gasteiger partial charge on any atom is -0.497 e. The quantitative estimate of drug-likeness (QED) is 0.844. The van der Waals surface area contributed by atoms with Crippen LogP contribution in [-0.4, -0.2) is 18.4 Å². The predicted octanol–water partition coefficient (Wildman–Crippen LogP) is 2.99. The van der Waals surface area contributed by atoms with E-state index in [0.717, 1.165) is 33.1 Å². The third-order valence-corrected chi connectivity index (χ3v) is 4.72. The van der Waals surface area contributed by atoms with Crippen molar-refractivity contribution in [1.29, 1.82) is 0 Å². The highest BCUT2D eigenvalue weighted by atomic mass is 32.2. The second kappa shape index (κ2) is 4.70. The molecule has 1 atom stereocenters. The van der Waals surface area contributed by atoms with E-state index >= 15 is 0 Å². The summed E-state index contributed by atoms with van der Waals surface area (Å²) in [5.74, 6) is 2.06. The lowest BCUT2D eigenvalue weighted by molar-refractivity contribution is 0.413. The average Bonchev–Trinajstić information content (AvgIpc) is 2.46. The van der Waals surface area contributed by atoms with Crippen LogP contribution in [0.15, 0.2) is 41.3 Å². The summed E-state index contributed by atoms with van der Waals surface area (Å²) < 4.78 is 22.8. The summed E-state index contributed by atoms with van der Waals surface area (Å²) in [4.78, 5) is 0.844. The summed E-state index contributed by atoms with van der Waals surface area (Å²) >= 11 is 0. The number of hydrogen-bond donors (Lipinski definition) is 0. The third-order valence-electron chi connectivity index (χ3n) is 3.32. The number of ether oxygens (including phenoxy) is 2. The van der Waals surface area contributed by atoms with Crippen LogP contribution in [0.1, 0.15) is 5.56 Å². The molecular formula is C15H14O3S. The van der Waals surface area contributed by atoms with E-state index in [9.17, 15) is 4.21 Å². The Kier molecular flexibility index (Phi) is 3.03. The van der Waals surface area contributed by atoms with Crippen LogP contribution in [0.2, 0.25) is 0 Å². The van der Waals surface area contributed by atoms with Gasteiger partial charge >= 0.3 is 0 Å². The Bertz CT molecular complexity index is 664. The number of benzene rings is 2. The van der Waals surface area contributed by atoms with Gasteiger partial charge < -0.3 is 9.47 Å². The number of fused-ring (bicyclic) bond motifs is 3. The standard InChI is InChI=1S/C15H14O3S/c1-17-11-3-5-13-10(7-11)9-19(16)15-8-12(18-2)4-6-14(13)15/h3-8H,9H2,1-2H3/t19-/m0/s1. The molecule has 1 aliphatic rings. The molecule has 0 spiro atoms. The molecule has 1 aliphatic heterocycles. The summed E-state index contributed by atoms with van der Waals surface area (Å²) in [6.07, 6.45) is 0. The van der Waals surface area contributed by atoms with Gasteiger partial charge in [-0.2, -0.15) is 0 Å². The first kappa shape index (κ1) is 12.2. The second-order valence-corrected chi connectivity index (χ2v) is 5.79. The predicted molar refractivity (Wildman–Crippen MR) is 75.1 cm³/mol. The van der Waals surface area contributed by atoms with Crippen molar-refractivity contribution in [3.8, 4) is 22.6 Å². The molecule has 2 aromatic rings. The maximum atomic E-state index is 12.3. The van der Waals surface area contributed by atoms with E-state index in [1.165, 1.54) is 0 Å². The molecule has 0 aliphatic carbocycles. The Morgan fingerprint density at radius 3 is 2.26 bits per heavy atom. The molecule has 19 heavy (non-hydrogen) atoms. The van der Waals surface area contributed by atoms with E-state index in [1.54, 1.807) is 14.2 Å². The van der Waals surface area contributed by atoms with Gasteiger partial charge in [0.05, 0.1) is 35.7 Å². The first-order valence-corrected chi connectivity index (χ1v) is 7.28. The third kappa shape index (κ3) is 2.02. The smallest absolute Gasteiger partial charge is 0.120 e. The molecule has 0 amide bonds. The molecule has 3 rings (SSSR count). The summed E-state index contributed by atoms with van der Waals surface area (Å²) in [6, 6.07) is 11.6. The average molecular weight is 274 g/mol. The van der Waals surface area contributed by atoms with E-state index in [2.05, 4.69) is 0 Å². The van der Waals surface area contributed by atoms with E-state index in [0.29, 0.717) is 5.75 Å². The highest BCUT2D eigenvalue weighted by Gasteiger charge is 2.22. The molecule has 0 aromatic heterocycles. The maximum absolute atomic E-state index is 12.3. The zero-order valence-electron chi connectivity index (χ0n) is 10.8. The largest absolute Gasteiger partial charge is 0.497 e. The van der Waals surface area contributed by atoms with Gasteiger partial charge in [0.15, 0.2) is 0 Å². The zero-order valence-corrected chi connectivity index (χ0v) is 11.6. The molecule has 0 saturated heterocycles. The molecule has 0 bridgehead atoms. The highest BCUT2D eigenvalue weighted by molar-refractivity contribution is 7.84. The molecule has 0 fully saturated rings. The lowest BCUT2D eigenvalue weighted by Crippen LogP contribution is -2.07. The van der Waals surface area contributed by atoms with Crippen LogP contribution in [0.3, 0.4) is 0 Å². The molecule has 0 N–H and O–H groups in total. The van der Waals surface area contributed by atoms with E-state index in [1.807, 2.05) is 36.4 Å². The summed E-state index contributed by atoms with van der Waals surface area (Å²) in [7, 11) is 2.22. The van der Waals surface area contributed by atoms with Gasteiger partial charge in [0.1, 0.15) is 11.5 Å². The second-order valence-electron chi connectivity index (χ2n) is 4.38. The van der Waals surface area contributed by atoms with Crippen molar-refractivity contribution in [3.63, 3.8) is 0 Å². The van der Waals surface area contributed by atoms with Crippen LogP contribution in [0, 0.1) is 0 Å². The van der Waals surface area contributed by atoms with Crippen LogP contribution >= 0.6 is 0 Å². The molecule has 2 aromatic carbocycles. The Labute approximate surface area is 114 Å². The van der Waals surface area contributed by atoms with Crippen LogP contribution in [0.5, 0.6) is 11.5 Å². The first-order valence-electron chi connectivity index (χ1n) is 5.96. The van der Waals surface area contributed by atoms with Crippen LogP contribution < -0.4 is 9.47 Å². The Hall–Kier alpha value is -1.81. The number of hydrogen-bond acceptors (Lipinski definition) is 3. The fraction of sp³-hybridized carbons (Fsp3) is 0.200. The van der Waals surface area contributed by atoms with Crippen molar-refractivity contribution in [2.45, 2.75) is 10.6 Å². The van der Waals surface area contributed by atoms with Crippen molar-refractivity contribution >= 4 is 10.8 Å². The summed E-state index contributed by atoms with van der Waals surface area (Å²) in [6.45, 7) is 0. The molecular weight excluding hydrogens is 260 g/mol. The fourth-order valence-corrected chi connectivity index (χ4v) is 3.69. The Balaban J connectivity index is 2.19. The van der Waals surface area contributed by atoms with Gasteiger partial charge in [-0.3, -0.25) is 4.21 Å². The van der Waals surface area contributed by atoms with Crippen LogP contribution in [-0.2, 0) is 16.6 Å². The van der Waals surface area contributed by atoms with Gasteiger partial charge in [-0.25, -0.2) is 0 Å². The molecule has 98 valence electrons. The van der Waals surface area contributed by atoms with Gasteiger partial charge in [-0.05, 0) is 47.0 Å². The Morgan fingerprint density at radius 1 is 0.947 bits per heavy atom. The monoisotopic (exact) mass is 274 g/mol. The summed E-state index contributed by atoms with van der Waals surface area (Å²) in [5.41, 5.74) is 3.21. The zero-order chi connectivity index (χ0) is 13.4. The fourth-order valence-electron chi connectivity index (χ4n) is 2.34. The molecule has 1 heterocycles. The van der Waals surface area contributed by atoms with Crippen LogP contribution in [0.25, 0.3) is 11.1 Å². The van der Waals surface area contributed by atoms with Crippen LogP contribution in [0.4, 0.5) is 0 Å². The van der Waals surface area contributed by atoms with Gasteiger partial charge in [0.25, 0.3) is 0 Å². The van der Waals surface area contributed by atoms with E-state index in [-0.39, 0.29) is 0 Å². The maximum Gasteiger partial charge on any atom is 0.120 e. The van der Waals surface area contributed by atoms with Crippen molar-refractivity contribution in [3.05, 3.63) is 42.0 Å². The summed E-state index contributed by atoms with van der Waals surface area (Å²) in [5, 5.41) is 0. The van der Waals surface area contributed by atoms with Gasteiger partial charge in [-0.15, -0.1) is 0 Å². The van der Waals surface area contributed by atoms with Gasteiger partial charge in [-0.1, -0.05) is 6.07 Å². The minimum atomic E-state index is -1.03. The Morgan fingerprint density at radius 2 is 1.58 bits per heavy atom. The topological polar surface area (TPSA) is 35.5 Å². The van der Waals surface area contributed by atoms with Gasteiger partial charge in [0, 0.05) is 0 Å². The molecule has 3 nitrogen and oxygen atoms in total. The van der Waals surface area contributed by atoms with Crippen molar-refractivity contribution < 1.29 is 13.7 Å². The minimum absolute atomic E-state index is 0.521. The molecule has 4 heteroatoms. The van der Waals surface area contributed by atoms with Crippen molar-refractivity contribution in [2.75, 3.05) is 14.2 Å². The van der Waals surface area contributed by atoms with E-state index in [4.69, 9.17) is 9.47 Å². The SMILES string of the molecule is COc1ccc2c(c1)C[S@](=O)c1cc(OC)ccc1-2. The number of rotatable bonds is 2. The normalized spacial score (nSPS) is 16.4. The molecule has 0 unspecified atom stereocenters. The van der Waals surface area contributed by atoms with E-state index < -0.39 is 10.8 Å². The molecule has 0 saturated carbocycles. The lowest BCUT2D eigenvalue weighted by atomic mass is 9.99. The lowest BCUT2D eigenvalue weighted by Gasteiger charge is -2.20. The first-order chi connectivity index (χ1) is 9.22. The number of methoxy groups -OCH3 is 2. The van der Waals surface area contributed by atoms with Crippen molar-refractivity contribution in [2.24, 2.45) is 0 Å².